The highest BCUT2D eigenvalue weighted by Gasteiger charge is 2.44. The van der Waals surface area contributed by atoms with Crippen molar-refractivity contribution < 1.29 is 4.42 Å². The van der Waals surface area contributed by atoms with Crippen LogP contribution in [-0.2, 0) is 10.8 Å². The van der Waals surface area contributed by atoms with Crippen LogP contribution in [-0.4, -0.2) is 4.98 Å². The quantitative estimate of drug-likeness (QED) is 0.174. The number of nitrogens with zero attached hydrogens (tertiary/aromatic N) is 1. The third-order valence-corrected chi connectivity index (χ3v) is 12.8. The molecule has 3 aliphatic rings. The van der Waals surface area contributed by atoms with E-state index in [9.17, 15) is 0 Å². The van der Waals surface area contributed by atoms with Gasteiger partial charge in [0.05, 0.1) is 0 Å². The molecule has 11 rings (SSSR count). The molecule has 53 heavy (non-hydrogen) atoms. The van der Waals surface area contributed by atoms with Gasteiger partial charge in [-0.05, 0) is 125 Å². The number of hydrogen-bond donors (Lipinski definition) is 0. The molecule has 2 heteroatoms. The maximum atomic E-state index is 6.17. The zero-order valence-electron chi connectivity index (χ0n) is 30.4. The Morgan fingerprint density at radius 3 is 2.00 bits per heavy atom. The molecule has 0 amide bonds. The van der Waals surface area contributed by atoms with E-state index in [0.29, 0.717) is 17.7 Å². The van der Waals surface area contributed by atoms with Crippen molar-refractivity contribution in [2.24, 2.45) is 5.92 Å². The first-order chi connectivity index (χ1) is 25.8. The fourth-order valence-electron chi connectivity index (χ4n) is 10.1. The summed E-state index contributed by atoms with van der Waals surface area (Å²) in [5.74, 6) is 1.54. The predicted molar refractivity (Wildman–Crippen MR) is 220 cm³/mol. The Bertz CT molecular complexity index is 2860. The standard InChI is InChI=1S/C51H39NO/c1-50(2)41-17-9-7-13-33(41)35-26-25-32(27-43(35)50)48-37-16-6-5-15-36(37)47(30-21-23-31(24-22-30)49-52-45-19-11-12-20-46(45)53-49)39-28-38-34-14-8-10-18-42(34)51(3,4)44(38)29-40(39)48/h5-29,33,41H,1-4H3. The fraction of sp³-hybridized carbons (Fsp3) is 0.157. The third kappa shape index (κ3) is 4.24. The molecule has 1 aromatic heterocycles. The smallest absolute Gasteiger partial charge is 0.227 e. The van der Waals surface area contributed by atoms with Crippen molar-refractivity contribution in [1.29, 1.82) is 0 Å². The SMILES string of the molecule is CC1(C)c2ccccc2-c2cc3c(-c4ccc(-c5nc6ccccc6o5)cc4)c4ccccc4c(-c4ccc5c(c4)C(C)(C)C4C=CC=CC54)c3cc21. The Labute approximate surface area is 310 Å². The molecule has 2 unspecified atom stereocenters. The summed E-state index contributed by atoms with van der Waals surface area (Å²) in [5, 5.41) is 5.11. The molecule has 0 spiro atoms. The molecule has 0 radical (unpaired) electrons. The van der Waals surface area contributed by atoms with E-state index in [2.05, 4.69) is 155 Å². The van der Waals surface area contributed by atoms with E-state index < -0.39 is 0 Å². The number of allylic oxidation sites excluding steroid dienone is 4. The summed E-state index contributed by atoms with van der Waals surface area (Å²) in [5.41, 5.74) is 16.0. The molecule has 0 bridgehead atoms. The molecule has 2 nitrogen and oxygen atoms in total. The summed E-state index contributed by atoms with van der Waals surface area (Å²) in [4.78, 5) is 4.79. The van der Waals surface area contributed by atoms with E-state index in [1.807, 2.05) is 24.3 Å². The zero-order chi connectivity index (χ0) is 35.6. The number of rotatable bonds is 3. The van der Waals surface area contributed by atoms with Gasteiger partial charge < -0.3 is 4.42 Å². The van der Waals surface area contributed by atoms with Crippen LogP contribution in [0.2, 0.25) is 0 Å². The van der Waals surface area contributed by atoms with Crippen LogP contribution in [0.5, 0.6) is 0 Å². The summed E-state index contributed by atoms with van der Waals surface area (Å²) in [7, 11) is 0. The molecular formula is C51H39NO. The van der Waals surface area contributed by atoms with E-state index >= 15 is 0 Å². The normalized spacial score (nSPS) is 18.7. The maximum Gasteiger partial charge on any atom is 0.227 e. The molecule has 3 aliphatic carbocycles. The van der Waals surface area contributed by atoms with Gasteiger partial charge in [-0.3, -0.25) is 0 Å². The molecule has 0 saturated heterocycles. The average molecular weight is 682 g/mol. The van der Waals surface area contributed by atoms with Crippen LogP contribution in [0.4, 0.5) is 0 Å². The van der Waals surface area contributed by atoms with Gasteiger partial charge in [-0.2, -0.15) is 0 Å². The minimum absolute atomic E-state index is 0.0319. The number of aromatic nitrogens is 1. The molecule has 0 saturated carbocycles. The first-order valence-corrected chi connectivity index (χ1v) is 18.9. The van der Waals surface area contributed by atoms with Gasteiger partial charge in [0.15, 0.2) is 5.58 Å². The van der Waals surface area contributed by atoms with Gasteiger partial charge in [0, 0.05) is 16.9 Å². The van der Waals surface area contributed by atoms with Crippen LogP contribution in [0.25, 0.3) is 77.5 Å². The lowest BCUT2D eigenvalue weighted by Crippen LogP contribution is -2.24. The van der Waals surface area contributed by atoms with Crippen LogP contribution in [0.1, 0.15) is 55.9 Å². The Morgan fingerprint density at radius 2 is 1.19 bits per heavy atom. The fourth-order valence-corrected chi connectivity index (χ4v) is 10.1. The van der Waals surface area contributed by atoms with Crippen molar-refractivity contribution in [3.05, 3.63) is 174 Å². The Hall–Kier alpha value is -5.99. The van der Waals surface area contributed by atoms with Gasteiger partial charge in [0.25, 0.3) is 0 Å². The van der Waals surface area contributed by atoms with Crippen LogP contribution in [0.15, 0.2) is 156 Å². The van der Waals surface area contributed by atoms with E-state index in [1.54, 1.807) is 0 Å². The first kappa shape index (κ1) is 30.6. The van der Waals surface area contributed by atoms with E-state index in [-0.39, 0.29) is 10.8 Å². The van der Waals surface area contributed by atoms with Crippen molar-refractivity contribution in [2.45, 2.75) is 44.4 Å². The van der Waals surface area contributed by atoms with Crippen LogP contribution < -0.4 is 0 Å². The molecule has 2 atom stereocenters. The van der Waals surface area contributed by atoms with Crippen molar-refractivity contribution in [3.63, 3.8) is 0 Å². The Kier molecular flexibility index (Phi) is 6.22. The topological polar surface area (TPSA) is 26.0 Å². The molecule has 0 fully saturated rings. The Morgan fingerprint density at radius 1 is 0.528 bits per heavy atom. The molecule has 7 aromatic carbocycles. The average Bonchev–Trinajstić information content (AvgIpc) is 3.80. The highest BCUT2D eigenvalue weighted by molar-refractivity contribution is 6.22. The van der Waals surface area contributed by atoms with Crippen LogP contribution in [0.3, 0.4) is 0 Å². The van der Waals surface area contributed by atoms with Gasteiger partial charge in [-0.25, -0.2) is 4.98 Å². The molecule has 8 aromatic rings. The highest BCUT2D eigenvalue weighted by Crippen LogP contribution is 2.56. The van der Waals surface area contributed by atoms with Gasteiger partial charge >= 0.3 is 0 Å². The van der Waals surface area contributed by atoms with Gasteiger partial charge in [-0.15, -0.1) is 0 Å². The van der Waals surface area contributed by atoms with Crippen molar-refractivity contribution in [3.8, 4) is 44.8 Å². The van der Waals surface area contributed by atoms with Gasteiger partial charge in [0.1, 0.15) is 5.52 Å². The van der Waals surface area contributed by atoms with Crippen molar-refractivity contribution in [1.82, 2.24) is 4.98 Å². The number of oxazole rings is 1. The highest BCUT2D eigenvalue weighted by atomic mass is 16.3. The summed E-state index contributed by atoms with van der Waals surface area (Å²) in [6.45, 7) is 9.63. The molecular weight excluding hydrogens is 643 g/mol. The number of fused-ring (bicyclic) bond motifs is 9. The monoisotopic (exact) mass is 681 g/mol. The molecule has 0 N–H and O–H groups in total. The first-order valence-electron chi connectivity index (χ1n) is 18.9. The van der Waals surface area contributed by atoms with E-state index in [0.717, 1.165) is 16.7 Å². The summed E-state index contributed by atoms with van der Waals surface area (Å²) >= 11 is 0. The van der Waals surface area contributed by atoms with Crippen LogP contribution in [0, 0.1) is 5.92 Å². The van der Waals surface area contributed by atoms with Gasteiger partial charge in [-0.1, -0.05) is 143 Å². The summed E-state index contributed by atoms with van der Waals surface area (Å²) < 4.78 is 6.17. The second-order valence-corrected chi connectivity index (χ2v) is 16.3. The van der Waals surface area contributed by atoms with Crippen molar-refractivity contribution >= 4 is 32.6 Å². The van der Waals surface area contributed by atoms with Crippen LogP contribution >= 0.6 is 0 Å². The predicted octanol–water partition coefficient (Wildman–Crippen LogP) is 13.6. The number of benzene rings is 7. The van der Waals surface area contributed by atoms with Crippen molar-refractivity contribution in [2.75, 3.05) is 0 Å². The minimum atomic E-state index is -0.112. The summed E-state index contributed by atoms with van der Waals surface area (Å²) in [6, 6.07) is 47.2. The molecule has 0 aliphatic heterocycles. The lowest BCUT2D eigenvalue weighted by Gasteiger charge is -2.29. The minimum Gasteiger partial charge on any atom is -0.436 e. The molecule has 1 heterocycles. The third-order valence-electron chi connectivity index (χ3n) is 12.8. The maximum absolute atomic E-state index is 6.17. The second kappa shape index (κ2) is 10.8. The second-order valence-electron chi connectivity index (χ2n) is 16.3. The largest absolute Gasteiger partial charge is 0.436 e. The van der Waals surface area contributed by atoms with E-state index in [4.69, 9.17) is 9.40 Å². The number of hydrogen-bond acceptors (Lipinski definition) is 2. The number of para-hydroxylation sites is 2. The zero-order valence-corrected chi connectivity index (χ0v) is 30.4. The van der Waals surface area contributed by atoms with E-state index in [1.165, 1.54) is 77.2 Å². The van der Waals surface area contributed by atoms with Gasteiger partial charge in [0.2, 0.25) is 5.89 Å². The Balaban J connectivity index is 1.19. The lowest BCUT2D eigenvalue weighted by atomic mass is 9.74. The lowest BCUT2D eigenvalue weighted by molar-refractivity contribution is 0.394. The molecule has 254 valence electrons. The summed E-state index contributed by atoms with van der Waals surface area (Å²) in [6.07, 6.45) is 9.27.